The Hall–Kier alpha value is -1.32. The fourth-order valence-electron chi connectivity index (χ4n) is 1.02. The summed E-state index contributed by atoms with van der Waals surface area (Å²) >= 11 is 0. The smallest absolute Gasteiger partial charge is 0.331 e. The number of ether oxygens (including phenoxy) is 2. The molecule has 0 amide bonds. The van der Waals surface area contributed by atoms with E-state index >= 15 is 0 Å². The third-order valence-corrected chi connectivity index (χ3v) is 1.67. The predicted molar refractivity (Wildman–Crippen MR) is 44.9 cm³/mol. The van der Waals surface area contributed by atoms with Gasteiger partial charge in [-0.25, -0.2) is 9.59 Å². The lowest BCUT2D eigenvalue weighted by atomic mass is 10.2. The Labute approximate surface area is 76.5 Å². The summed E-state index contributed by atoms with van der Waals surface area (Å²) in [5.41, 5.74) is 0. The van der Waals surface area contributed by atoms with Crippen molar-refractivity contribution in [1.82, 2.24) is 0 Å². The van der Waals surface area contributed by atoms with Crippen molar-refractivity contribution in [3.05, 3.63) is 12.2 Å². The fourth-order valence-corrected chi connectivity index (χ4v) is 1.02. The van der Waals surface area contributed by atoms with Gasteiger partial charge in [0.05, 0.1) is 12.7 Å². The fraction of sp³-hybridized carbons (Fsp3) is 0.556. The Morgan fingerprint density at radius 1 is 1.31 bits per heavy atom. The van der Waals surface area contributed by atoms with E-state index in [1.54, 1.807) is 0 Å². The van der Waals surface area contributed by atoms with Crippen LogP contribution in [0.4, 0.5) is 0 Å². The van der Waals surface area contributed by atoms with Gasteiger partial charge in [0, 0.05) is 12.2 Å². The van der Waals surface area contributed by atoms with Gasteiger partial charge in [0.15, 0.2) is 0 Å². The Balaban J connectivity index is 2.57. The Morgan fingerprint density at radius 3 is 2.77 bits per heavy atom. The summed E-state index contributed by atoms with van der Waals surface area (Å²) in [5.74, 6) is -0.988. The van der Waals surface area contributed by atoms with Gasteiger partial charge in [-0.2, -0.15) is 0 Å². The standard InChI is InChI=1S/C9H12O4/c1-7-3-2-6-12-8(10)4-5-9(11)13-7/h4-5,7H,2-3,6H2,1H3. The first kappa shape index (κ1) is 9.77. The molecule has 1 aliphatic heterocycles. The highest BCUT2D eigenvalue weighted by Gasteiger charge is 2.09. The average molecular weight is 184 g/mol. The van der Waals surface area contributed by atoms with Crippen molar-refractivity contribution in [2.24, 2.45) is 0 Å². The maximum atomic E-state index is 10.9. The summed E-state index contributed by atoms with van der Waals surface area (Å²) in [4.78, 5) is 21.8. The van der Waals surface area contributed by atoms with Crippen LogP contribution in [0.3, 0.4) is 0 Å². The van der Waals surface area contributed by atoms with Crippen LogP contribution in [0.25, 0.3) is 0 Å². The Bertz CT molecular complexity index is 232. The van der Waals surface area contributed by atoms with Gasteiger partial charge in [0.2, 0.25) is 0 Å². The largest absolute Gasteiger partial charge is 0.463 e. The molecule has 0 aromatic rings. The van der Waals surface area contributed by atoms with Gasteiger partial charge in [-0.15, -0.1) is 0 Å². The van der Waals surface area contributed by atoms with E-state index in [0.717, 1.165) is 12.2 Å². The molecule has 72 valence electrons. The predicted octanol–water partition coefficient (Wildman–Crippen LogP) is 0.811. The van der Waals surface area contributed by atoms with Crippen LogP contribution in [0.15, 0.2) is 12.2 Å². The molecule has 0 spiro atoms. The molecule has 0 bridgehead atoms. The molecule has 0 saturated heterocycles. The van der Waals surface area contributed by atoms with Gasteiger partial charge in [0.25, 0.3) is 0 Å². The van der Waals surface area contributed by atoms with Gasteiger partial charge in [0.1, 0.15) is 0 Å². The minimum atomic E-state index is -0.494. The molecule has 0 aromatic carbocycles. The lowest BCUT2D eigenvalue weighted by molar-refractivity contribution is -0.145. The van der Waals surface area contributed by atoms with Crippen molar-refractivity contribution in [1.29, 1.82) is 0 Å². The van der Waals surface area contributed by atoms with Crippen molar-refractivity contribution in [3.8, 4) is 0 Å². The summed E-state index contributed by atoms with van der Waals surface area (Å²) in [5, 5.41) is 0. The molecule has 4 heteroatoms. The van der Waals surface area contributed by atoms with Gasteiger partial charge < -0.3 is 9.47 Å². The number of carbonyl (C=O) groups excluding carboxylic acids is 2. The third-order valence-electron chi connectivity index (χ3n) is 1.67. The van der Waals surface area contributed by atoms with Crippen LogP contribution in [0.5, 0.6) is 0 Å². The van der Waals surface area contributed by atoms with Crippen molar-refractivity contribution in [3.63, 3.8) is 0 Å². The van der Waals surface area contributed by atoms with Crippen molar-refractivity contribution in [2.45, 2.75) is 25.9 Å². The van der Waals surface area contributed by atoms with E-state index in [0.29, 0.717) is 19.4 Å². The lowest BCUT2D eigenvalue weighted by Crippen LogP contribution is -2.16. The SMILES string of the molecule is CC1CCCOC(=O)C=CC(=O)O1. The Kier molecular flexibility index (Phi) is 3.49. The lowest BCUT2D eigenvalue weighted by Gasteiger charge is -2.12. The van der Waals surface area contributed by atoms with Crippen LogP contribution in [-0.2, 0) is 19.1 Å². The van der Waals surface area contributed by atoms with E-state index in [2.05, 4.69) is 0 Å². The zero-order valence-corrected chi connectivity index (χ0v) is 7.49. The molecular weight excluding hydrogens is 172 g/mol. The maximum absolute atomic E-state index is 10.9. The molecule has 0 aliphatic carbocycles. The first-order chi connectivity index (χ1) is 6.18. The summed E-state index contributed by atoms with van der Waals surface area (Å²) in [7, 11) is 0. The minimum absolute atomic E-state index is 0.117. The highest BCUT2D eigenvalue weighted by Crippen LogP contribution is 2.04. The van der Waals surface area contributed by atoms with Crippen molar-refractivity contribution >= 4 is 11.9 Å². The molecule has 1 unspecified atom stereocenters. The molecule has 13 heavy (non-hydrogen) atoms. The molecular formula is C9H12O4. The van der Waals surface area contributed by atoms with Crippen LogP contribution in [0.2, 0.25) is 0 Å². The van der Waals surface area contributed by atoms with E-state index in [1.165, 1.54) is 0 Å². The molecule has 1 rings (SSSR count). The highest BCUT2D eigenvalue weighted by molar-refractivity contribution is 5.91. The molecule has 0 radical (unpaired) electrons. The van der Waals surface area contributed by atoms with Crippen LogP contribution >= 0.6 is 0 Å². The molecule has 0 saturated carbocycles. The molecule has 1 atom stereocenters. The van der Waals surface area contributed by atoms with Gasteiger partial charge in [-0.3, -0.25) is 0 Å². The van der Waals surface area contributed by atoms with Gasteiger partial charge in [-0.1, -0.05) is 0 Å². The second kappa shape index (κ2) is 4.64. The van der Waals surface area contributed by atoms with Crippen LogP contribution < -0.4 is 0 Å². The number of esters is 2. The van der Waals surface area contributed by atoms with Gasteiger partial charge >= 0.3 is 11.9 Å². The number of cyclic esters (lactones) is 2. The quantitative estimate of drug-likeness (QED) is 0.523. The number of rotatable bonds is 0. The van der Waals surface area contributed by atoms with E-state index < -0.39 is 11.9 Å². The topological polar surface area (TPSA) is 52.6 Å². The van der Waals surface area contributed by atoms with Crippen molar-refractivity contribution < 1.29 is 19.1 Å². The summed E-state index contributed by atoms with van der Waals surface area (Å²) in [6.07, 6.45) is 3.49. The number of hydrogen-bond acceptors (Lipinski definition) is 4. The molecule has 0 aromatic heterocycles. The highest BCUT2D eigenvalue weighted by atomic mass is 16.5. The molecule has 0 N–H and O–H groups in total. The van der Waals surface area contributed by atoms with E-state index in [1.807, 2.05) is 6.92 Å². The molecule has 4 nitrogen and oxygen atoms in total. The van der Waals surface area contributed by atoms with Gasteiger partial charge in [-0.05, 0) is 19.8 Å². The van der Waals surface area contributed by atoms with E-state index in [-0.39, 0.29) is 6.10 Å². The maximum Gasteiger partial charge on any atom is 0.331 e. The second-order valence-corrected chi connectivity index (χ2v) is 2.89. The average Bonchev–Trinajstić information content (AvgIpc) is 2.08. The third kappa shape index (κ3) is 3.73. The van der Waals surface area contributed by atoms with Crippen LogP contribution in [-0.4, -0.2) is 24.6 Å². The van der Waals surface area contributed by atoms with Crippen LogP contribution in [0, 0.1) is 0 Å². The Morgan fingerprint density at radius 2 is 2.00 bits per heavy atom. The number of carbonyl (C=O) groups is 2. The van der Waals surface area contributed by atoms with E-state index in [9.17, 15) is 9.59 Å². The monoisotopic (exact) mass is 184 g/mol. The summed E-state index contributed by atoms with van der Waals surface area (Å²) < 4.78 is 9.72. The number of hydrogen-bond donors (Lipinski definition) is 0. The second-order valence-electron chi connectivity index (χ2n) is 2.89. The summed E-state index contributed by atoms with van der Waals surface area (Å²) in [6, 6.07) is 0. The zero-order valence-electron chi connectivity index (χ0n) is 7.49. The first-order valence-corrected chi connectivity index (χ1v) is 4.24. The zero-order chi connectivity index (χ0) is 9.68. The normalized spacial score (nSPS) is 24.8. The molecule has 1 heterocycles. The van der Waals surface area contributed by atoms with E-state index in [4.69, 9.17) is 9.47 Å². The van der Waals surface area contributed by atoms with Crippen LogP contribution in [0.1, 0.15) is 19.8 Å². The first-order valence-electron chi connectivity index (χ1n) is 4.24. The minimum Gasteiger partial charge on any atom is -0.463 e. The molecule has 0 fully saturated rings. The molecule has 1 aliphatic rings. The summed E-state index contributed by atoms with van der Waals surface area (Å²) in [6.45, 7) is 2.19. The van der Waals surface area contributed by atoms with Crippen molar-refractivity contribution in [2.75, 3.05) is 6.61 Å².